The SMILES string of the molecule is CCc1cccc(NC(=O)c2cccnc2SC(C)C)c1. The van der Waals surface area contributed by atoms with Gasteiger partial charge in [-0.3, -0.25) is 4.79 Å². The molecule has 0 fully saturated rings. The molecule has 0 aliphatic heterocycles. The van der Waals surface area contributed by atoms with Crippen molar-refractivity contribution in [2.45, 2.75) is 37.5 Å². The molecule has 0 unspecified atom stereocenters. The van der Waals surface area contributed by atoms with Crippen molar-refractivity contribution in [2.75, 3.05) is 5.32 Å². The Kier molecular flexibility index (Phi) is 5.39. The number of aryl methyl sites for hydroxylation is 1. The average molecular weight is 300 g/mol. The molecule has 0 saturated heterocycles. The number of nitrogens with one attached hydrogen (secondary N) is 1. The van der Waals surface area contributed by atoms with Gasteiger partial charge in [-0.05, 0) is 36.2 Å². The zero-order valence-electron chi connectivity index (χ0n) is 12.6. The van der Waals surface area contributed by atoms with E-state index in [0.29, 0.717) is 10.8 Å². The van der Waals surface area contributed by atoms with Crippen LogP contribution in [0.2, 0.25) is 0 Å². The van der Waals surface area contributed by atoms with Gasteiger partial charge in [-0.25, -0.2) is 4.98 Å². The van der Waals surface area contributed by atoms with Gasteiger partial charge in [0.1, 0.15) is 5.03 Å². The van der Waals surface area contributed by atoms with Crippen molar-refractivity contribution in [3.63, 3.8) is 0 Å². The van der Waals surface area contributed by atoms with Gasteiger partial charge in [0.25, 0.3) is 5.91 Å². The zero-order valence-corrected chi connectivity index (χ0v) is 13.4. The van der Waals surface area contributed by atoms with Gasteiger partial charge in [0.05, 0.1) is 5.56 Å². The van der Waals surface area contributed by atoms with Crippen LogP contribution in [0.15, 0.2) is 47.6 Å². The number of nitrogens with zero attached hydrogens (tertiary/aromatic N) is 1. The molecule has 1 aromatic heterocycles. The predicted molar refractivity (Wildman–Crippen MR) is 89.0 cm³/mol. The average Bonchev–Trinajstić information content (AvgIpc) is 2.47. The van der Waals surface area contributed by atoms with Crippen molar-refractivity contribution in [1.29, 1.82) is 0 Å². The Labute approximate surface area is 130 Å². The summed E-state index contributed by atoms with van der Waals surface area (Å²) in [6, 6.07) is 11.5. The van der Waals surface area contributed by atoms with Crippen LogP contribution in [0.3, 0.4) is 0 Å². The van der Waals surface area contributed by atoms with Gasteiger partial charge in [-0.2, -0.15) is 0 Å². The Balaban J connectivity index is 2.20. The van der Waals surface area contributed by atoms with E-state index in [1.165, 1.54) is 5.56 Å². The maximum Gasteiger partial charge on any atom is 0.258 e. The molecule has 110 valence electrons. The number of amides is 1. The standard InChI is InChI=1S/C17H20N2OS/c1-4-13-7-5-8-14(11-13)19-16(20)15-9-6-10-18-17(15)21-12(2)3/h5-12H,4H2,1-3H3,(H,19,20). The van der Waals surface area contributed by atoms with Crippen molar-refractivity contribution in [3.8, 4) is 0 Å². The van der Waals surface area contributed by atoms with Crippen molar-refractivity contribution < 1.29 is 4.79 Å². The first-order valence-corrected chi connectivity index (χ1v) is 8.00. The van der Waals surface area contributed by atoms with E-state index in [-0.39, 0.29) is 5.91 Å². The Morgan fingerprint density at radius 1 is 1.29 bits per heavy atom. The molecule has 4 heteroatoms. The molecule has 3 nitrogen and oxygen atoms in total. The lowest BCUT2D eigenvalue weighted by molar-refractivity contribution is 0.102. The molecule has 0 aliphatic carbocycles. The number of aromatic nitrogens is 1. The van der Waals surface area contributed by atoms with Crippen molar-refractivity contribution in [1.82, 2.24) is 4.98 Å². The zero-order chi connectivity index (χ0) is 15.2. The summed E-state index contributed by atoms with van der Waals surface area (Å²) >= 11 is 1.60. The topological polar surface area (TPSA) is 42.0 Å². The molecule has 2 aromatic rings. The van der Waals surface area contributed by atoms with E-state index in [1.54, 1.807) is 24.0 Å². The first-order chi connectivity index (χ1) is 10.1. The van der Waals surface area contributed by atoms with Gasteiger partial charge < -0.3 is 5.32 Å². The van der Waals surface area contributed by atoms with Crippen molar-refractivity contribution in [3.05, 3.63) is 53.7 Å². The number of hydrogen-bond donors (Lipinski definition) is 1. The minimum atomic E-state index is -0.112. The van der Waals surface area contributed by atoms with Crippen LogP contribution in [0, 0.1) is 0 Å². The molecule has 0 spiro atoms. The van der Waals surface area contributed by atoms with Crippen LogP contribution in [0.1, 0.15) is 36.7 Å². The van der Waals surface area contributed by atoms with E-state index >= 15 is 0 Å². The highest BCUT2D eigenvalue weighted by Crippen LogP contribution is 2.25. The molecule has 1 heterocycles. The quantitative estimate of drug-likeness (QED) is 0.832. The summed E-state index contributed by atoms with van der Waals surface area (Å²) in [5, 5.41) is 4.11. The summed E-state index contributed by atoms with van der Waals surface area (Å²) in [6.45, 7) is 6.27. The Morgan fingerprint density at radius 3 is 2.81 bits per heavy atom. The van der Waals surface area contributed by atoms with Crippen LogP contribution >= 0.6 is 11.8 Å². The van der Waals surface area contributed by atoms with Crippen LogP contribution in [-0.2, 0) is 6.42 Å². The van der Waals surface area contributed by atoms with Gasteiger partial charge >= 0.3 is 0 Å². The molecule has 1 amide bonds. The molecule has 0 atom stereocenters. The van der Waals surface area contributed by atoms with E-state index < -0.39 is 0 Å². The van der Waals surface area contributed by atoms with Gasteiger partial charge in [0.2, 0.25) is 0 Å². The maximum absolute atomic E-state index is 12.5. The summed E-state index contributed by atoms with van der Waals surface area (Å²) in [6.07, 6.45) is 2.67. The van der Waals surface area contributed by atoms with Crippen LogP contribution < -0.4 is 5.32 Å². The highest BCUT2D eigenvalue weighted by Gasteiger charge is 2.14. The molecule has 0 radical (unpaired) electrons. The molecular weight excluding hydrogens is 280 g/mol. The minimum Gasteiger partial charge on any atom is -0.322 e. The fraction of sp³-hybridized carbons (Fsp3) is 0.294. The second-order valence-corrected chi connectivity index (χ2v) is 6.60. The third-order valence-corrected chi connectivity index (χ3v) is 3.98. The number of carbonyl (C=O) groups excluding carboxylic acids is 1. The number of anilines is 1. The lowest BCUT2D eigenvalue weighted by atomic mass is 10.1. The van der Waals surface area contributed by atoms with Gasteiger partial charge in [0, 0.05) is 17.1 Å². The molecule has 0 aliphatic rings. The van der Waals surface area contributed by atoms with Crippen LogP contribution in [0.5, 0.6) is 0 Å². The summed E-state index contributed by atoms with van der Waals surface area (Å²) < 4.78 is 0. The second kappa shape index (κ2) is 7.27. The highest BCUT2D eigenvalue weighted by molar-refractivity contribution is 7.99. The fourth-order valence-electron chi connectivity index (χ4n) is 1.95. The van der Waals surface area contributed by atoms with Crippen LogP contribution in [0.4, 0.5) is 5.69 Å². The minimum absolute atomic E-state index is 0.112. The monoisotopic (exact) mass is 300 g/mol. The molecule has 0 saturated carbocycles. The van der Waals surface area contributed by atoms with Crippen LogP contribution in [-0.4, -0.2) is 16.1 Å². The largest absolute Gasteiger partial charge is 0.322 e. The molecule has 1 N–H and O–H groups in total. The molecule has 0 bridgehead atoms. The van der Waals surface area contributed by atoms with E-state index in [4.69, 9.17) is 0 Å². The van der Waals surface area contributed by atoms with Gasteiger partial charge in [-0.1, -0.05) is 32.9 Å². The Hall–Kier alpha value is -1.81. The number of thioether (sulfide) groups is 1. The first kappa shape index (κ1) is 15.6. The fourth-order valence-corrected chi connectivity index (χ4v) is 2.80. The molecule has 2 rings (SSSR count). The third kappa shape index (κ3) is 4.33. The summed E-state index contributed by atoms with van der Waals surface area (Å²) in [4.78, 5) is 16.8. The summed E-state index contributed by atoms with van der Waals surface area (Å²) in [7, 11) is 0. The Morgan fingerprint density at radius 2 is 2.10 bits per heavy atom. The lowest BCUT2D eigenvalue weighted by Crippen LogP contribution is -2.14. The van der Waals surface area contributed by atoms with E-state index in [2.05, 4.69) is 37.1 Å². The summed E-state index contributed by atoms with van der Waals surface area (Å²) in [5.74, 6) is -0.112. The van der Waals surface area contributed by atoms with Gasteiger partial charge in [-0.15, -0.1) is 11.8 Å². The third-order valence-electron chi connectivity index (χ3n) is 2.96. The van der Waals surface area contributed by atoms with E-state index in [0.717, 1.165) is 17.1 Å². The number of hydrogen-bond acceptors (Lipinski definition) is 3. The summed E-state index contributed by atoms with van der Waals surface area (Å²) in [5.41, 5.74) is 2.65. The van der Waals surface area contributed by atoms with Crippen molar-refractivity contribution >= 4 is 23.4 Å². The lowest BCUT2D eigenvalue weighted by Gasteiger charge is -2.11. The van der Waals surface area contributed by atoms with E-state index in [1.807, 2.05) is 24.3 Å². The molecule has 1 aromatic carbocycles. The second-order valence-electron chi connectivity index (χ2n) is 5.03. The molecule has 21 heavy (non-hydrogen) atoms. The number of carbonyl (C=O) groups is 1. The number of benzene rings is 1. The maximum atomic E-state index is 12.5. The first-order valence-electron chi connectivity index (χ1n) is 7.12. The van der Waals surface area contributed by atoms with E-state index in [9.17, 15) is 4.79 Å². The smallest absolute Gasteiger partial charge is 0.258 e. The van der Waals surface area contributed by atoms with Crippen LogP contribution in [0.25, 0.3) is 0 Å². The highest BCUT2D eigenvalue weighted by atomic mass is 32.2. The number of rotatable bonds is 5. The number of pyridine rings is 1. The predicted octanol–water partition coefficient (Wildman–Crippen LogP) is 4.40. The van der Waals surface area contributed by atoms with Gasteiger partial charge in [0.15, 0.2) is 0 Å². The molecular formula is C17H20N2OS. The van der Waals surface area contributed by atoms with Crippen molar-refractivity contribution in [2.24, 2.45) is 0 Å². The Bertz CT molecular complexity index is 626. The normalized spacial score (nSPS) is 10.7.